The van der Waals surface area contributed by atoms with Gasteiger partial charge in [-0.05, 0) is 37.3 Å². The molecule has 0 bridgehead atoms. The van der Waals surface area contributed by atoms with Gasteiger partial charge >= 0.3 is 11.7 Å². The summed E-state index contributed by atoms with van der Waals surface area (Å²) in [7, 11) is 1.26. The number of methoxy groups -OCH3 is 1. The maximum atomic E-state index is 12.0. The van der Waals surface area contributed by atoms with E-state index < -0.39 is 11.7 Å². The zero-order valence-corrected chi connectivity index (χ0v) is 12.5. The Morgan fingerprint density at radius 3 is 2.65 bits per heavy atom. The number of hydrogen-bond acceptors (Lipinski definition) is 6. The molecule has 0 saturated carbocycles. The quantitative estimate of drug-likeness (QED) is 0.541. The number of oxazole rings is 1. The third-order valence-corrected chi connectivity index (χ3v) is 3.44. The highest BCUT2D eigenvalue weighted by molar-refractivity contribution is 5.96. The molecular weight excluding hydrogens is 302 g/mol. The number of Topliss-reactive ketones (excluding diaryl/α,β-unsaturated/α-hetero) is 1. The standard InChI is InChI=1S/C16H13NO6/c1-9(18)10-3-5-12-14(7-10)23-16(20)17(12)8-11-4-6-13(22-11)15(19)21-2/h3-7H,8H2,1-2H3. The van der Waals surface area contributed by atoms with E-state index in [-0.39, 0.29) is 18.1 Å². The summed E-state index contributed by atoms with van der Waals surface area (Å²) in [6, 6.07) is 7.85. The minimum atomic E-state index is -0.591. The van der Waals surface area contributed by atoms with Crippen molar-refractivity contribution in [3.05, 3.63) is 58.0 Å². The molecule has 3 aromatic rings. The van der Waals surface area contributed by atoms with Crippen LogP contribution < -0.4 is 5.76 Å². The van der Waals surface area contributed by atoms with Crippen LogP contribution in [0.2, 0.25) is 0 Å². The molecule has 0 amide bonds. The van der Waals surface area contributed by atoms with Crippen molar-refractivity contribution in [3.8, 4) is 0 Å². The van der Waals surface area contributed by atoms with Gasteiger partial charge in [-0.2, -0.15) is 0 Å². The number of aromatic nitrogens is 1. The highest BCUT2D eigenvalue weighted by atomic mass is 16.5. The normalized spacial score (nSPS) is 10.9. The van der Waals surface area contributed by atoms with Crippen LogP contribution in [0.25, 0.3) is 11.1 Å². The van der Waals surface area contributed by atoms with Crippen molar-refractivity contribution >= 4 is 22.9 Å². The molecule has 7 nitrogen and oxygen atoms in total. The van der Waals surface area contributed by atoms with E-state index in [1.165, 1.54) is 30.7 Å². The summed E-state index contributed by atoms with van der Waals surface area (Å²) < 4.78 is 16.4. The van der Waals surface area contributed by atoms with Crippen LogP contribution >= 0.6 is 0 Å². The molecule has 0 atom stereocenters. The Hall–Kier alpha value is -3.09. The van der Waals surface area contributed by atoms with Gasteiger partial charge in [0.2, 0.25) is 5.76 Å². The number of benzene rings is 1. The third kappa shape index (κ3) is 2.68. The zero-order valence-electron chi connectivity index (χ0n) is 12.5. The van der Waals surface area contributed by atoms with Gasteiger partial charge in [-0.3, -0.25) is 9.36 Å². The van der Waals surface area contributed by atoms with E-state index in [9.17, 15) is 14.4 Å². The Morgan fingerprint density at radius 2 is 1.96 bits per heavy atom. The van der Waals surface area contributed by atoms with Crippen LogP contribution in [0.1, 0.15) is 33.6 Å². The first-order valence-corrected chi connectivity index (χ1v) is 6.81. The molecule has 7 heteroatoms. The summed E-state index contributed by atoms with van der Waals surface area (Å²) in [5.74, 6) is -0.812. The largest absolute Gasteiger partial charge is 0.463 e. The fourth-order valence-corrected chi connectivity index (χ4v) is 2.26. The van der Waals surface area contributed by atoms with Gasteiger partial charge in [-0.1, -0.05) is 0 Å². The van der Waals surface area contributed by atoms with Crippen molar-refractivity contribution in [1.82, 2.24) is 4.57 Å². The highest BCUT2D eigenvalue weighted by Gasteiger charge is 2.15. The predicted octanol–water partition coefficient (Wildman–Crippen LogP) is 2.22. The fourth-order valence-electron chi connectivity index (χ4n) is 2.26. The molecule has 1 aromatic carbocycles. The zero-order chi connectivity index (χ0) is 16.6. The van der Waals surface area contributed by atoms with Gasteiger partial charge in [0.25, 0.3) is 0 Å². The van der Waals surface area contributed by atoms with Crippen LogP contribution in [-0.4, -0.2) is 23.4 Å². The van der Waals surface area contributed by atoms with E-state index in [0.29, 0.717) is 22.4 Å². The van der Waals surface area contributed by atoms with E-state index in [1.807, 2.05) is 0 Å². The van der Waals surface area contributed by atoms with Crippen molar-refractivity contribution in [1.29, 1.82) is 0 Å². The molecule has 0 fully saturated rings. The number of ether oxygens (including phenoxy) is 1. The maximum absolute atomic E-state index is 12.0. The van der Waals surface area contributed by atoms with Gasteiger partial charge in [0.1, 0.15) is 5.76 Å². The summed E-state index contributed by atoms with van der Waals surface area (Å²) >= 11 is 0. The van der Waals surface area contributed by atoms with Crippen LogP contribution in [-0.2, 0) is 11.3 Å². The first-order chi connectivity index (χ1) is 11.0. The van der Waals surface area contributed by atoms with Crippen LogP contribution in [0.4, 0.5) is 0 Å². The lowest BCUT2D eigenvalue weighted by Gasteiger charge is -2.00. The molecule has 0 spiro atoms. The lowest BCUT2D eigenvalue weighted by molar-refractivity contribution is 0.0562. The molecule has 0 saturated heterocycles. The number of ketones is 1. The minimum absolute atomic E-state index is 0.0576. The van der Waals surface area contributed by atoms with Crippen LogP contribution in [0, 0.1) is 0 Å². The molecule has 0 aliphatic carbocycles. The number of fused-ring (bicyclic) bond motifs is 1. The molecule has 0 radical (unpaired) electrons. The van der Waals surface area contributed by atoms with Gasteiger partial charge in [-0.25, -0.2) is 9.59 Å². The molecule has 118 valence electrons. The molecule has 3 rings (SSSR count). The molecule has 2 aromatic heterocycles. The Bertz CT molecular complexity index is 959. The Kier molecular flexibility index (Phi) is 3.61. The van der Waals surface area contributed by atoms with E-state index in [4.69, 9.17) is 8.83 Å². The Morgan fingerprint density at radius 1 is 1.17 bits per heavy atom. The predicted molar refractivity (Wildman–Crippen MR) is 79.6 cm³/mol. The summed E-state index contributed by atoms with van der Waals surface area (Å²) in [6.45, 7) is 1.54. The number of carbonyl (C=O) groups is 2. The topological polar surface area (TPSA) is 91.6 Å². The van der Waals surface area contributed by atoms with Gasteiger partial charge in [0, 0.05) is 5.56 Å². The second-order valence-electron chi connectivity index (χ2n) is 4.95. The molecule has 0 aliphatic rings. The van der Waals surface area contributed by atoms with Crippen LogP contribution in [0.3, 0.4) is 0 Å². The molecule has 0 N–H and O–H groups in total. The van der Waals surface area contributed by atoms with Crippen LogP contribution in [0.15, 0.2) is 44.0 Å². The number of rotatable bonds is 4. The average molecular weight is 315 g/mol. The van der Waals surface area contributed by atoms with Gasteiger partial charge in [-0.15, -0.1) is 0 Å². The maximum Gasteiger partial charge on any atom is 0.420 e. The SMILES string of the molecule is COC(=O)c1ccc(Cn2c(=O)oc3cc(C(C)=O)ccc32)o1. The highest BCUT2D eigenvalue weighted by Crippen LogP contribution is 2.18. The van der Waals surface area contributed by atoms with Crippen molar-refractivity contribution in [3.63, 3.8) is 0 Å². The summed E-state index contributed by atoms with van der Waals surface area (Å²) in [5, 5.41) is 0. The van der Waals surface area contributed by atoms with Crippen molar-refractivity contribution in [2.45, 2.75) is 13.5 Å². The van der Waals surface area contributed by atoms with Gasteiger partial charge < -0.3 is 13.6 Å². The monoisotopic (exact) mass is 315 g/mol. The van der Waals surface area contributed by atoms with Crippen LogP contribution in [0.5, 0.6) is 0 Å². The molecule has 0 unspecified atom stereocenters. The number of furan rings is 1. The van der Waals surface area contributed by atoms with Crippen molar-refractivity contribution < 1.29 is 23.2 Å². The second kappa shape index (κ2) is 5.60. The fraction of sp³-hybridized carbons (Fsp3) is 0.188. The smallest absolute Gasteiger partial charge is 0.420 e. The van der Waals surface area contributed by atoms with Crippen molar-refractivity contribution in [2.24, 2.45) is 0 Å². The molecular formula is C16H13NO6. The van der Waals surface area contributed by atoms with E-state index in [1.54, 1.807) is 18.2 Å². The lowest BCUT2D eigenvalue weighted by Crippen LogP contribution is -2.14. The van der Waals surface area contributed by atoms with Gasteiger partial charge in [0.05, 0.1) is 19.2 Å². The Labute approximate surface area is 130 Å². The minimum Gasteiger partial charge on any atom is -0.463 e. The first-order valence-electron chi connectivity index (χ1n) is 6.81. The number of esters is 1. The first kappa shape index (κ1) is 14.8. The molecule has 2 heterocycles. The third-order valence-electron chi connectivity index (χ3n) is 3.44. The van der Waals surface area contributed by atoms with E-state index >= 15 is 0 Å². The lowest BCUT2D eigenvalue weighted by atomic mass is 10.1. The van der Waals surface area contributed by atoms with Gasteiger partial charge in [0.15, 0.2) is 11.4 Å². The molecule has 23 heavy (non-hydrogen) atoms. The summed E-state index contributed by atoms with van der Waals surface area (Å²) in [4.78, 5) is 34.8. The van der Waals surface area contributed by atoms with E-state index in [2.05, 4.69) is 4.74 Å². The average Bonchev–Trinajstić information content (AvgIpc) is 3.11. The summed E-state index contributed by atoms with van der Waals surface area (Å²) in [5.41, 5.74) is 1.32. The van der Waals surface area contributed by atoms with Crippen molar-refractivity contribution in [2.75, 3.05) is 7.11 Å². The second-order valence-corrected chi connectivity index (χ2v) is 4.95. The number of hydrogen-bond donors (Lipinski definition) is 0. The number of nitrogens with zero attached hydrogens (tertiary/aromatic N) is 1. The van der Waals surface area contributed by atoms with E-state index in [0.717, 1.165) is 0 Å². The summed E-state index contributed by atoms with van der Waals surface area (Å²) in [6.07, 6.45) is 0. The Balaban J connectivity index is 1.98. The molecule has 0 aliphatic heterocycles. The number of carbonyl (C=O) groups excluding carboxylic acids is 2.